The molecule has 0 aliphatic carbocycles. The minimum Gasteiger partial charge on any atom is -0.463 e. The van der Waals surface area contributed by atoms with Crippen molar-refractivity contribution >= 4 is 33.2 Å². The lowest BCUT2D eigenvalue weighted by Crippen LogP contribution is -2.21. The molecule has 0 bridgehead atoms. The molecule has 3 aromatic heterocycles. The molecular formula is C15H11BrN2O2S. The number of nitrogens with one attached hydrogen (secondary N) is 1. The highest BCUT2D eigenvalue weighted by Gasteiger charge is 2.09. The highest BCUT2D eigenvalue weighted by molar-refractivity contribution is 9.10. The topological polar surface area (TPSA) is 55.1 Å². The van der Waals surface area contributed by atoms with Crippen LogP contribution >= 0.6 is 27.3 Å². The molecule has 0 atom stereocenters. The van der Waals surface area contributed by atoms with Crippen LogP contribution in [-0.4, -0.2) is 10.9 Å². The van der Waals surface area contributed by atoms with Gasteiger partial charge in [0.05, 0.1) is 11.1 Å². The highest BCUT2D eigenvalue weighted by Crippen LogP contribution is 2.20. The predicted molar refractivity (Wildman–Crippen MR) is 85.1 cm³/mol. The number of halogens is 1. The molecule has 0 fully saturated rings. The first-order valence-corrected chi connectivity index (χ1v) is 7.91. The zero-order valence-corrected chi connectivity index (χ0v) is 13.3. The summed E-state index contributed by atoms with van der Waals surface area (Å²) in [7, 11) is 0. The third kappa shape index (κ3) is 3.40. The largest absolute Gasteiger partial charge is 0.463 e. The van der Waals surface area contributed by atoms with E-state index in [-0.39, 0.29) is 5.91 Å². The summed E-state index contributed by atoms with van der Waals surface area (Å²) in [6.45, 7) is 0.449. The number of aromatic nitrogens is 1. The maximum absolute atomic E-state index is 12.0. The molecule has 0 aromatic carbocycles. The minimum atomic E-state index is -0.0814. The highest BCUT2D eigenvalue weighted by atomic mass is 79.9. The van der Waals surface area contributed by atoms with E-state index in [1.807, 2.05) is 29.6 Å². The van der Waals surface area contributed by atoms with Gasteiger partial charge in [-0.1, -0.05) is 0 Å². The number of furan rings is 1. The predicted octanol–water partition coefficient (Wildman–Crippen LogP) is 4.10. The van der Waals surface area contributed by atoms with Crippen LogP contribution in [-0.2, 0) is 6.54 Å². The SMILES string of the molecule is O=C(NCc1ccnc(-c2ccco2)c1)c1cc(Br)cs1. The first-order chi connectivity index (χ1) is 10.2. The Balaban J connectivity index is 1.68. The first-order valence-electron chi connectivity index (χ1n) is 6.23. The molecule has 106 valence electrons. The van der Waals surface area contributed by atoms with Gasteiger partial charge in [-0.25, -0.2) is 0 Å². The van der Waals surface area contributed by atoms with Crippen molar-refractivity contribution in [1.29, 1.82) is 0 Å². The van der Waals surface area contributed by atoms with Crippen LogP contribution < -0.4 is 5.32 Å². The number of nitrogens with zero attached hydrogens (tertiary/aromatic N) is 1. The van der Waals surface area contributed by atoms with Crippen molar-refractivity contribution in [3.8, 4) is 11.5 Å². The maximum atomic E-state index is 12.0. The average molecular weight is 363 g/mol. The zero-order valence-electron chi connectivity index (χ0n) is 10.9. The Morgan fingerprint density at radius 2 is 2.29 bits per heavy atom. The summed E-state index contributed by atoms with van der Waals surface area (Å²) in [6, 6.07) is 9.26. The molecule has 0 saturated heterocycles. The molecule has 21 heavy (non-hydrogen) atoms. The molecule has 4 nitrogen and oxygen atoms in total. The zero-order chi connectivity index (χ0) is 14.7. The summed E-state index contributed by atoms with van der Waals surface area (Å²) in [5.74, 6) is 0.632. The van der Waals surface area contributed by atoms with Gasteiger partial charge in [-0.2, -0.15) is 0 Å². The van der Waals surface area contributed by atoms with E-state index >= 15 is 0 Å². The summed E-state index contributed by atoms with van der Waals surface area (Å²) in [5.41, 5.74) is 1.73. The van der Waals surface area contributed by atoms with Crippen LogP contribution in [0.15, 0.2) is 57.1 Å². The lowest BCUT2D eigenvalue weighted by atomic mass is 10.2. The molecule has 0 radical (unpaired) electrons. The standard InChI is InChI=1S/C15H11BrN2O2S/c16-11-7-14(21-9-11)15(19)18-8-10-3-4-17-12(6-10)13-2-1-5-20-13/h1-7,9H,8H2,(H,18,19). The van der Waals surface area contributed by atoms with Gasteiger partial charge in [0.25, 0.3) is 5.91 Å². The van der Waals surface area contributed by atoms with E-state index in [4.69, 9.17) is 4.42 Å². The lowest BCUT2D eigenvalue weighted by molar-refractivity contribution is 0.0955. The van der Waals surface area contributed by atoms with Crippen LogP contribution in [0.25, 0.3) is 11.5 Å². The second kappa shape index (κ2) is 6.24. The molecule has 0 saturated carbocycles. The summed E-state index contributed by atoms with van der Waals surface area (Å²) in [6.07, 6.45) is 3.32. The second-order valence-corrected chi connectivity index (χ2v) is 6.17. The molecule has 1 N–H and O–H groups in total. The number of rotatable bonds is 4. The average Bonchev–Trinajstić information content (AvgIpc) is 3.16. The van der Waals surface area contributed by atoms with Crippen LogP contribution in [0.4, 0.5) is 0 Å². The molecule has 3 aromatic rings. The fourth-order valence-electron chi connectivity index (χ4n) is 1.84. The van der Waals surface area contributed by atoms with Crippen molar-refractivity contribution in [2.45, 2.75) is 6.54 Å². The van der Waals surface area contributed by atoms with Crippen LogP contribution in [0.2, 0.25) is 0 Å². The van der Waals surface area contributed by atoms with Crippen molar-refractivity contribution < 1.29 is 9.21 Å². The lowest BCUT2D eigenvalue weighted by Gasteiger charge is -2.05. The van der Waals surface area contributed by atoms with Gasteiger partial charge in [0, 0.05) is 22.6 Å². The van der Waals surface area contributed by atoms with E-state index in [0.29, 0.717) is 17.2 Å². The Kier molecular flexibility index (Phi) is 4.17. The smallest absolute Gasteiger partial charge is 0.261 e. The number of hydrogen-bond donors (Lipinski definition) is 1. The van der Waals surface area contributed by atoms with Gasteiger partial charge in [-0.15, -0.1) is 11.3 Å². The molecule has 1 amide bonds. The number of thiophene rings is 1. The Bertz CT molecular complexity index is 753. The quantitative estimate of drug-likeness (QED) is 0.760. The summed E-state index contributed by atoms with van der Waals surface area (Å²) in [4.78, 5) is 16.9. The van der Waals surface area contributed by atoms with Gasteiger partial charge in [-0.3, -0.25) is 9.78 Å². The fourth-order valence-corrected chi connectivity index (χ4v) is 3.19. The Morgan fingerprint density at radius 1 is 1.38 bits per heavy atom. The first kappa shape index (κ1) is 14.0. The van der Waals surface area contributed by atoms with Crippen LogP contribution in [0.3, 0.4) is 0 Å². The molecule has 0 aliphatic rings. The van der Waals surface area contributed by atoms with Crippen molar-refractivity contribution in [3.63, 3.8) is 0 Å². The van der Waals surface area contributed by atoms with E-state index < -0.39 is 0 Å². The molecule has 3 heterocycles. The third-order valence-electron chi connectivity index (χ3n) is 2.84. The maximum Gasteiger partial charge on any atom is 0.261 e. The molecule has 6 heteroatoms. The monoisotopic (exact) mass is 362 g/mol. The van der Waals surface area contributed by atoms with Gasteiger partial charge in [-0.05, 0) is 51.8 Å². The van der Waals surface area contributed by atoms with E-state index in [1.54, 1.807) is 18.5 Å². The number of carbonyl (C=O) groups excluding carboxylic acids is 1. The molecule has 3 rings (SSSR count). The van der Waals surface area contributed by atoms with E-state index in [9.17, 15) is 4.79 Å². The number of amides is 1. The Morgan fingerprint density at radius 3 is 3.00 bits per heavy atom. The minimum absolute atomic E-state index is 0.0814. The molecule has 0 aliphatic heterocycles. The van der Waals surface area contributed by atoms with Crippen molar-refractivity contribution in [1.82, 2.24) is 10.3 Å². The van der Waals surface area contributed by atoms with Gasteiger partial charge in [0.15, 0.2) is 5.76 Å². The molecular weight excluding hydrogens is 352 g/mol. The van der Waals surface area contributed by atoms with Gasteiger partial charge < -0.3 is 9.73 Å². The van der Waals surface area contributed by atoms with Gasteiger partial charge in [0.1, 0.15) is 5.69 Å². The normalized spacial score (nSPS) is 10.5. The van der Waals surface area contributed by atoms with Crippen molar-refractivity contribution in [2.75, 3.05) is 0 Å². The van der Waals surface area contributed by atoms with Crippen LogP contribution in [0.1, 0.15) is 15.2 Å². The van der Waals surface area contributed by atoms with Crippen molar-refractivity contribution in [2.24, 2.45) is 0 Å². The van der Waals surface area contributed by atoms with Crippen LogP contribution in [0.5, 0.6) is 0 Å². The number of hydrogen-bond acceptors (Lipinski definition) is 4. The number of pyridine rings is 1. The molecule has 0 unspecified atom stereocenters. The Hall–Kier alpha value is -1.92. The Labute approximate surface area is 134 Å². The van der Waals surface area contributed by atoms with Crippen molar-refractivity contribution in [3.05, 3.63) is 63.1 Å². The fraction of sp³-hybridized carbons (Fsp3) is 0.0667. The van der Waals surface area contributed by atoms with E-state index in [2.05, 4.69) is 26.2 Å². The second-order valence-electron chi connectivity index (χ2n) is 4.34. The van der Waals surface area contributed by atoms with E-state index in [1.165, 1.54) is 11.3 Å². The van der Waals surface area contributed by atoms with E-state index in [0.717, 1.165) is 15.7 Å². The summed E-state index contributed by atoms with van der Waals surface area (Å²) >= 11 is 4.75. The number of carbonyl (C=O) groups is 1. The third-order valence-corrected chi connectivity index (χ3v) is 4.53. The van der Waals surface area contributed by atoms with Crippen LogP contribution in [0, 0.1) is 0 Å². The van der Waals surface area contributed by atoms with Gasteiger partial charge in [0.2, 0.25) is 0 Å². The molecule has 0 spiro atoms. The summed E-state index contributed by atoms with van der Waals surface area (Å²) < 4.78 is 6.24. The summed E-state index contributed by atoms with van der Waals surface area (Å²) in [5, 5.41) is 4.78. The van der Waals surface area contributed by atoms with Gasteiger partial charge >= 0.3 is 0 Å².